The highest BCUT2D eigenvalue weighted by molar-refractivity contribution is 6.38. The largest absolute Gasteiger partial charge is 0.349 e. The van der Waals surface area contributed by atoms with Crippen molar-refractivity contribution in [3.05, 3.63) is 0 Å². The molecule has 3 aliphatic carbocycles. The summed E-state index contributed by atoms with van der Waals surface area (Å²) in [7, 11) is 0. The highest BCUT2D eigenvalue weighted by atomic mass is 16.2. The van der Waals surface area contributed by atoms with Crippen molar-refractivity contribution in [2.45, 2.75) is 96.7 Å². The molecule has 0 aromatic rings. The van der Waals surface area contributed by atoms with Gasteiger partial charge in [-0.05, 0) is 60.7 Å². The van der Waals surface area contributed by atoms with Crippen LogP contribution in [-0.2, 0) is 19.2 Å². The molecule has 4 N–H and O–H groups in total. The number of nitrogens with two attached hydrogens (primary N) is 1. The maximum Gasteiger partial charge on any atom is 0.289 e. The van der Waals surface area contributed by atoms with Gasteiger partial charge in [-0.25, -0.2) is 0 Å². The van der Waals surface area contributed by atoms with Crippen molar-refractivity contribution in [2.75, 3.05) is 13.1 Å². The zero-order chi connectivity index (χ0) is 26.3. The molecule has 3 amide bonds. The molecule has 0 aromatic carbocycles. The minimum absolute atomic E-state index is 0.000101. The molecule has 0 radical (unpaired) electrons. The van der Waals surface area contributed by atoms with Crippen LogP contribution in [0.1, 0.15) is 78.6 Å². The summed E-state index contributed by atoms with van der Waals surface area (Å²) in [5.74, 6) is 1.18. The third-order valence-corrected chi connectivity index (χ3v) is 9.46. The number of terminal acetylenes is 1. The van der Waals surface area contributed by atoms with Crippen molar-refractivity contribution in [3.63, 3.8) is 0 Å². The monoisotopic (exact) mass is 498 g/mol. The lowest BCUT2D eigenvalue weighted by Crippen LogP contribution is -2.59. The molecule has 36 heavy (non-hydrogen) atoms. The normalized spacial score (nSPS) is 29.3. The minimum atomic E-state index is -1.02. The van der Waals surface area contributed by atoms with E-state index in [1.165, 1.54) is 0 Å². The second-order valence-electron chi connectivity index (χ2n) is 12.4. The van der Waals surface area contributed by atoms with Crippen LogP contribution in [0.15, 0.2) is 0 Å². The van der Waals surface area contributed by atoms with E-state index in [1.807, 2.05) is 0 Å². The highest BCUT2D eigenvalue weighted by Gasteiger charge is 2.69. The number of rotatable bonds is 10. The number of hydrogen-bond donors (Lipinski definition) is 3. The first-order valence-electron chi connectivity index (χ1n) is 13.6. The van der Waals surface area contributed by atoms with E-state index < -0.39 is 35.7 Å². The predicted octanol–water partition coefficient (Wildman–Crippen LogP) is 1.76. The summed E-state index contributed by atoms with van der Waals surface area (Å²) in [5, 5.41) is 5.49. The first kappa shape index (κ1) is 26.7. The van der Waals surface area contributed by atoms with Crippen molar-refractivity contribution >= 4 is 23.5 Å². The third-order valence-electron chi connectivity index (χ3n) is 9.46. The number of amides is 3. The van der Waals surface area contributed by atoms with E-state index in [1.54, 1.807) is 4.90 Å². The van der Waals surface area contributed by atoms with Crippen molar-refractivity contribution in [2.24, 2.45) is 34.3 Å². The summed E-state index contributed by atoms with van der Waals surface area (Å²) >= 11 is 0. The second-order valence-corrected chi connectivity index (χ2v) is 12.4. The predicted molar refractivity (Wildman–Crippen MR) is 136 cm³/mol. The minimum Gasteiger partial charge on any atom is -0.349 e. The lowest BCUT2D eigenvalue weighted by Gasteiger charge is -2.41. The van der Waals surface area contributed by atoms with Gasteiger partial charge in [-0.2, -0.15) is 0 Å². The quantitative estimate of drug-likeness (QED) is 0.313. The van der Waals surface area contributed by atoms with Crippen LogP contribution in [0.5, 0.6) is 0 Å². The van der Waals surface area contributed by atoms with E-state index in [9.17, 15) is 19.2 Å². The van der Waals surface area contributed by atoms with Gasteiger partial charge in [0.05, 0.1) is 12.1 Å². The first-order chi connectivity index (χ1) is 17.0. The van der Waals surface area contributed by atoms with Crippen LogP contribution >= 0.6 is 0 Å². The molecule has 1 heterocycles. The van der Waals surface area contributed by atoms with Gasteiger partial charge in [0.15, 0.2) is 0 Å². The van der Waals surface area contributed by atoms with E-state index in [4.69, 9.17) is 12.2 Å². The number of carbonyl (C=O) groups excluding carboxylic acids is 4. The Bertz CT molecular complexity index is 944. The molecule has 5 atom stereocenters. The fourth-order valence-electron chi connectivity index (χ4n) is 6.52. The molecule has 8 nitrogen and oxygen atoms in total. The van der Waals surface area contributed by atoms with Gasteiger partial charge in [0.1, 0.15) is 6.04 Å². The van der Waals surface area contributed by atoms with Gasteiger partial charge in [-0.3, -0.25) is 19.2 Å². The Labute approximate surface area is 214 Å². The fraction of sp³-hybridized carbons (Fsp3) is 0.786. The first-order valence-corrected chi connectivity index (χ1v) is 13.6. The van der Waals surface area contributed by atoms with Crippen molar-refractivity contribution < 1.29 is 19.2 Å². The van der Waals surface area contributed by atoms with Crippen LogP contribution in [0, 0.1) is 40.9 Å². The fourth-order valence-corrected chi connectivity index (χ4v) is 6.52. The number of hydrogen-bond acceptors (Lipinski definition) is 5. The molecule has 8 heteroatoms. The van der Waals surface area contributed by atoms with Crippen LogP contribution in [0.4, 0.5) is 0 Å². The van der Waals surface area contributed by atoms with Crippen LogP contribution in [-0.4, -0.2) is 59.6 Å². The number of Topliss-reactive ketones (excluding diaryl/α,β-unsaturated/α-hetero) is 1. The van der Waals surface area contributed by atoms with Gasteiger partial charge < -0.3 is 21.3 Å². The molecule has 3 saturated carbocycles. The summed E-state index contributed by atoms with van der Waals surface area (Å²) in [6.07, 6.45) is 13.0. The lowest BCUT2D eigenvalue weighted by atomic mass is 9.70. The average Bonchev–Trinajstić information content (AvgIpc) is 3.72. The van der Waals surface area contributed by atoms with Crippen LogP contribution in [0.2, 0.25) is 0 Å². The summed E-state index contributed by atoms with van der Waals surface area (Å²) < 4.78 is 0. The molecule has 0 spiro atoms. The van der Waals surface area contributed by atoms with Gasteiger partial charge in [0.2, 0.25) is 17.6 Å². The van der Waals surface area contributed by atoms with Crippen LogP contribution in [0.25, 0.3) is 0 Å². The number of carbonyl (C=O) groups is 4. The van der Waals surface area contributed by atoms with Crippen LogP contribution < -0.4 is 16.4 Å². The molecule has 4 aliphatic rings. The molecular weight excluding hydrogens is 456 g/mol. The van der Waals surface area contributed by atoms with E-state index in [0.717, 1.165) is 44.9 Å². The van der Waals surface area contributed by atoms with Gasteiger partial charge >= 0.3 is 0 Å². The zero-order valence-electron chi connectivity index (χ0n) is 22.0. The Morgan fingerprint density at radius 3 is 2.39 bits per heavy atom. The van der Waals surface area contributed by atoms with Gasteiger partial charge in [0.25, 0.3) is 5.91 Å². The van der Waals surface area contributed by atoms with Crippen molar-refractivity contribution in [3.8, 4) is 12.3 Å². The smallest absolute Gasteiger partial charge is 0.289 e. The molecule has 4 fully saturated rings. The average molecular weight is 499 g/mol. The molecule has 4 rings (SSSR count). The standard InChI is InChI=1S/C28H42N4O4/c1-5-6-10-19(22(33)25(35)30-15-17-11-12-17)31-24(34)21-20-18(27(20,2)3)16-32(21)26(36)23(29)28(4)13-8-7-9-14-28/h1,17-21,23H,6-16,29H2,2-4H3,(H,30,35)(H,31,34)/t18-,19?,20-,21-,23+/m0/s1. The summed E-state index contributed by atoms with van der Waals surface area (Å²) in [4.78, 5) is 54.4. The van der Waals surface area contributed by atoms with Crippen molar-refractivity contribution in [1.82, 2.24) is 15.5 Å². The van der Waals surface area contributed by atoms with Gasteiger partial charge in [-0.1, -0.05) is 40.0 Å². The Balaban J connectivity index is 1.48. The number of piperidine rings is 1. The SMILES string of the molecule is C#CCCC(NC(=O)[C@@H]1[C@@H]2[C@H](CN1C(=O)[C@@H](N)C1(C)CCCCC1)C2(C)C)C(=O)C(=O)NCC1CC1. The summed E-state index contributed by atoms with van der Waals surface area (Å²) in [6, 6.07) is -2.39. The third kappa shape index (κ3) is 5.18. The van der Waals surface area contributed by atoms with E-state index in [2.05, 4.69) is 37.3 Å². The number of nitrogens with one attached hydrogen (secondary N) is 2. The zero-order valence-corrected chi connectivity index (χ0v) is 22.0. The molecule has 1 unspecified atom stereocenters. The maximum absolute atomic E-state index is 13.7. The molecule has 198 valence electrons. The molecule has 1 saturated heterocycles. The van der Waals surface area contributed by atoms with E-state index in [0.29, 0.717) is 19.0 Å². The topological polar surface area (TPSA) is 122 Å². The van der Waals surface area contributed by atoms with Gasteiger partial charge in [0, 0.05) is 19.5 Å². The lowest BCUT2D eigenvalue weighted by molar-refractivity contribution is -0.145. The summed E-state index contributed by atoms with van der Waals surface area (Å²) in [6.45, 7) is 7.26. The molecule has 1 aliphatic heterocycles. The Morgan fingerprint density at radius 2 is 1.78 bits per heavy atom. The second kappa shape index (κ2) is 10.2. The van der Waals surface area contributed by atoms with E-state index in [-0.39, 0.29) is 41.4 Å². The van der Waals surface area contributed by atoms with Crippen LogP contribution in [0.3, 0.4) is 0 Å². The number of ketones is 1. The highest BCUT2D eigenvalue weighted by Crippen LogP contribution is 2.65. The van der Waals surface area contributed by atoms with Gasteiger partial charge in [-0.15, -0.1) is 12.3 Å². The molecule has 0 bridgehead atoms. The molecular formula is C28H42N4O4. The Morgan fingerprint density at radius 1 is 1.11 bits per heavy atom. The number of nitrogens with zero attached hydrogens (tertiary/aromatic N) is 1. The van der Waals surface area contributed by atoms with E-state index >= 15 is 0 Å². The summed E-state index contributed by atoms with van der Waals surface area (Å²) in [5.41, 5.74) is 6.22. The number of likely N-dealkylation sites (tertiary alicyclic amines) is 1. The Kier molecular flexibility index (Phi) is 7.52. The van der Waals surface area contributed by atoms with Crippen molar-refractivity contribution in [1.29, 1.82) is 0 Å². The molecule has 0 aromatic heterocycles. The maximum atomic E-state index is 13.7. The number of fused-ring (bicyclic) bond motifs is 1. The Hall–Kier alpha value is -2.40.